The summed E-state index contributed by atoms with van der Waals surface area (Å²) >= 11 is 1.00. The molecule has 136 valence electrons. The van der Waals surface area contributed by atoms with Gasteiger partial charge in [0, 0.05) is 36.5 Å². The van der Waals surface area contributed by atoms with Crippen LogP contribution in [0.4, 0.5) is 0 Å². The Hall–Kier alpha value is -2.03. The van der Waals surface area contributed by atoms with E-state index in [9.17, 15) is 18.0 Å². The number of benzene rings is 1. The molecule has 0 bridgehead atoms. The Bertz CT molecular complexity index is 939. The lowest BCUT2D eigenvalue weighted by Gasteiger charge is -2.17. The van der Waals surface area contributed by atoms with E-state index in [2.05, 4.69) is 16.9 Å². The molecular weight excluding hydrogens is 372 g/mol. The van der Waals surface area contributed by atoms with Gasteiger partial charge in [-0.1, -0.05) is 30.3 Å². The smallest absolute Gasteiger partial charge is 0.251 e. The number of amides is 1. The minimum absolute atomic E-state index is 0.00647. The quantitative estimate of drug-likeness (QED) is 0.765. The predicted octanol–water partition coefficient (Wildman–Crippen LogP) is 2.00. The summed E-state index contributed by atoms with van der Waals surface area (Å²) in [5.41, 5.74) is 1.36. The molecule has 1 N–H and O–H groups in total. The highest BCUT2D eigenvalue weighted by atomic mass is 32.2. The number of carbonyl (C=O) groups is 2. The van der Waals surface area contributed by atoms with Crippen molar-refractivity contribution in [1.82, 2.24) is 9.62 Å². The van der Waals surface area contributed by atoms with Crippen LogP contribution in [0.5, 0.6) is 0 Å². The molecule has 4 rings (SSSR count). The van der Waals surface area contributed by atoms with E-state index in [1.807, 2.05) is 18.2 Å². The van der Waals surface area contributed by atoms with Crippen LogP contribution in [0.1, 0.15) is 34.7 Å². The van der Waals surface area contributed by atoms with E-state index in [-0.39, 0.29) is 28.1 Å². The highest BCUT2D eigenvalue weighted by molar-refractivity contribution is 7.91. The number of hydrogen-bond donors (Lipinski definition) is 1. The maximum Gasteiger partial charge on any atom is 0.251 e. The molecule has 6 nitrogen and oxygen atoms in total. The highest BCUT2D eigenvalue weighted by Crippen LogP contribution is 2.46. The third-order valence-corrected chi connectivity index (χ3v) is 7.93. The van der Waals surface area contributed by atoms with Crippen LogP contribution < -0.4 is 4.72 Å². The number of hydrogen-bond acceptors (Lipinski definition) is 5. The summed E-state index contributed by atoms with van der Waals surface area (Å²) in [6, 6.07) is 11.2. The molecule has 1 saturated heterocycles. The summed E-state index contributed by atoms with van der Waals surface area (Å²) in [6.07, 6.45) is 1.60. The van der Waals surface area contributed by atoms with Gasteiger partial charge in [0.1, 0.15) is 4.21 Å². The van der Waals surface area contributed by atoms with E-state index in [0.717, 1.165) is 17.8 Å². The highest BCUT2D eigenvalue weighted by Gasteiger charge is 2.48. The third kappa shape index (κ3) is 3.20. The van der Waals surface area contributed by atoms with E-state index in [0.29, 0.717) is 18.7 Å². The minimum Gasteiger partial charge on any atom is -0.337 e. The van der Waals surface area contributed by atoms with Crippen LogP contribution in [0.2, 0.25) is 0 Å². The third-order valence-electron chi connectivity index (χ3n) is 4.89. The number of nitrogens with one attached hydrogen (secondary N) is 1. The first-order valence-corrected chi connectivity index (χ1v) is 10.8. The Balaban J connectivity index is 1.43. The van der Waals surface area contributed by atoms with Gasteiger partial charge in [-0.15, -0.1) is 11.3 Å². The Kier molecular flexibility index (Phi) is 4.42. The van der Waals surface area contributed by atoms with Crippen molar-refractivity contribution in [3.63, 3.8) is 0 Å². The largest absolute Gasteiger partial charge is 0.337 e. The van der Waals surface area contributed by atoms with Crippen molar-refractivity contribution in [3.8, 4) is 0 Å². The number of thiophene rings is 1. The molecule has 1 aromatic carbocycles. The van der Waals surface area contributed by atoms with Gasteiger partial charge < -0.3 is 4.90 Å². The number of aldehydes is 1. The molecule has 3 atom stereocenters. The number of carbonyl (C=O) groups excluding carboxylic acids is 2. The van der Waals surface area contributed by atoms with Crippen LogP contribution in [-0.4, -0.2) is 44.1 Å². The summed E-state index contributed by atoms with van der Waals surface area (Å²) in [5, 5.41) is 1.57. The topological polar surface area (TPSA) is 83.5 Å². The van der Waals surface area contributed by atoms with Crippen LogP contribution in [0.15, 0.2) is 46.0 Å². The molecule has 2 aromatic rings. The summed E-state index contributed by atoms with van der Waals surface area (Å²) < 4.78 is 27.6. The molecular formula is C18H18N2O4S2. The SMILES string of the molecule is O=Cc1ccsc1S(=O)(=O)NC1CC(=O)N(C2CC2c2ccccc2)C1. The molecule has 2 aliphatic rings. The monoisotopic (exact) mass is 390 g/mol. The maximum atomic E-state index is 12.5. The second-order valence-corrected chi connectivity index (χ2v) is 9.50. The Morgan fingerprint density at radius 3 is 2.69 bits per heavy atom. The first-order valence-electron chi connectivity index (χ1n) is 8.39. The summed E-state index contributed by atoms with van der Waals surface area (Å²) in [7, 11) is -3.80. The van der Waals surface area contributed by atoms with Gasteiger partial charge in [0.15, 0.2) is 6.29 Å². The second kappa shape index (κ2) is 6.61. The number of nitrogens with zero attached hydrogens (tertiary/aromatic N) is 1. The van der Waals surface area contributed by atoms with Crippen LogP contribution in [-0.2, 0) is 14.8 Å². The first-order chi connectivity index (χ1) is 12.5. The van der Waals surface area contributed by atoms with Crippen molar-refractivity contribution < 1.29 is 18.0 Å². The Morgan fingerprint density at radius 1 is 1.19 bits per heavy atom. The molecule has 8 heteroatoms. The van der Waals surface area contributed by atoms with E-state index in [1.54, 1.807) is 10.3 Å². The molecule has 1 aliphatic carbocycles. The molecule has 1 aliphatic heterocycles. The molecule has 1 amide bonds. The summed E-state index contributed by atoms with van der Waals surface area (Å²) in [4.78, 5) is 25.2. The van der Waals surface area contributed by atoms with Crippen molar-refractivity contribution >= 4 is 33.6 Å². The van der Waals surface area contributed by atoms with Crippen LogP contribution in [0.25, 0.3) is 0 Å². The lowest BCUT2D eigenvalue weighted by Crippen LogP contribution is -2.37. The fourth-order valence-electron chi connectivity index (χ4n) is 3.60. The standard InChI is InChI=1S/C18H18N2O4S2/c21-11-13-6-7-25-18(13)26(23,24)19-14-8-17(22)20(10-14)16-9-15(16)12-4-2-1-3-5-12/h1-7,11,14-16,19H,8-10H2. The summed E-state index contributed by atoms with van der Waals surface area (Å²) in [6.45, 7) is 0.369. The zero-order valence-electron chi connectivity index (χ0n) is 13.9. The normalized spacial score (nSPS) is 25.5. The molecule has 3 unspecified atom stereocenters. The summed E-state index contributed by atoms with van der Waals surface area (Å²) in [5.74, 6) is 0.303. The lowest BCUT2D eigenvalue weighted by molar-refractivity contribution is -0.128. The van der Waals surface area contributed by atoms with Gasteiger partial charge in [0.05, 0.1) is 0 Å². The van der Waals surface area contributed by atoms with Gasteiger partial charge >= 0.3 is 0 Å². The van der Waals surface area contributed by atoms with E-state index >= 15 is 0 Å². The van der Waals surface area contributed by atoms with Crippen LogP contribution in [0.3, 0.4) is 0 Å². The maximum absolute atomic E-state index is 12.5. The van der Waals surface area contributed by atoms with Gasteiger partial charge in [-0.05, 0) is 23.4 Å². The van der Waals surface area contributed by atoms with Gasteiger partial charge in [-0.25, -0.2) is 13.1 Å². The fraction of sp³-hybridized carbons (Fsp3) is 0.333. The lowest BCUT2D eigenvalue weighted by atomic mass is 10.1. The number of rotatable bonds is 6. The zero-order chi connectivity index (χ0) is 18.3. The number of sulfonamides is 1. The Labute approximate surface area is 155 Å². The minimum atomic E-state index is -3.80. The average Bonchev–Trinajstić information content (AvgIpc) is 3.09. The first kappa shape index (κ1) is 17.4. The molecule has 0 spiro atoms. The average molecular weight is 390 g/mol. The number of likely N-dealkylation sites (tertiary alicyclic amines) is 1. The van der Waals surface area contributed by atoms with Crippen molar-refractivity contribution in [2.45, 2.75) is 35.1 Å². The van der Waals surface area contributed by atoms with Crippen LogP contribution >= 0.6 is 11.3 Å². The van der Waals surface area contributed by atoms with Gasteiger partial charge in [-0.3, -0.25) is 9.59 Å². The molecule has 0 radical (unpaired) electrons. The molecule has 2 heterocycles. The molecule has 1 aromatic heterocycles. The van der Waals surface area contributed by atoms with Crippen molar-refractivity contribution in [2.24, 2.45) is 0 Å². The van der Waals surface area contributed by atoms with Crippen molar-refractivity contribution in [3.05, 3.63) is 52.9 Å². The van der Waals surface area contributed by atoms with Gasteiger partial charge in [0.25, 0.3) is 10.0 Å². The van der Waals surface area contributed by atoms with Crippen molar-refractivity contribution in [1.29, 1.82) is 0 Å². The van der Waals surface area contributed by atoms with Gasteiger partial charge in [0.2, 0.25) is 5.91 Å². The van der Waals surface area contributed by atoms with E-state index in [4.69, 9.17) is 0 Å². The zero-order valence-corrected chi connectivity index (χ0v) is 15.5. The van der Waals surface area contributed by atoms with Crippen molar-refractivity contribution in [2.75, 3.05) is 6.54 Å². The predicted molar refractivity (Wildman–Crippen MR) is 97.7 cm³/mol. The second-order valence-electron chi connectivity index (χ2n) is 6.67. The van der Waals surface area contributed by atoms with Crippen LogP contribution in [0, 0.1) is 0 Å². The molecule has 1 saturated carbocycles. The Morgan fingerprint density at radius 2 is 1.96 bits per heavy atom. The molecule has 2 fully saturated rings. The van der Waals surface area contributed by atoms with E-state index in [1.165, 1.54) is 11.6 Å². The van der Waals surface area contributed by atoms with E-state index < -0.39 is 16.1 Å². The molecule has 26 heavy (non-hydrogen) atoms. The fourth-order valence-corrected chi connectivity index (χ4v) is 6.14. The van der Waals surface area contributed by atoms with Gasteiger partial charge in [-0.2, -0.15) is 0 Å².